The summed E-state index contributed by atoms with van der Waals surface area (Å²) in [6.45, 7) is 0. The molecule has 0 bridgehead atoms. The van der Waals surface area contributed by atoms with Crippen LogP contribution < -0.4 is 4.72 Å². The fourth-order valence-electron chi connectivity index (χ4n) is 2.90. The molecule has 3 aromatic carbocycles. The Morgan fingerprint density at radius 1 is 0.903 bits per heavy atom. The molecule has 0 saturated heterocycles. The number of hydrogen-bond donors (Lipinski definition) is 1. The van der Waals surface area contributed by atoms with Crippen LogP contribution >= 0.6 is 11.6 Å². The van der Waals surface area contributed by atoms with Crippen LogP contribution in [0.25, 0.3) is 0 Å². The largest absolute Gasteiger partial charge is 0.416 e. The third-order valence-corrected chi connectivity index (χ3v) is 6.12. The van der Waals surface area contributed by atoms with Crippen molar-refractivity contribution in [2.75, 3.05) is 0 Å². The van der Waals surface area contributed by atoms with E-state index in [0.717, 1.165) is 36.4 Å². The highest BCUT2D eigenvalue weighted by Crippen LogP contribution is 2.32. The van der Waals surface area contributed by atoms with E-state index in [1.165, 1.54) is 36.4 Å². The van der Waals surface area contributed by atoms with Gasteiger partial charge >= 0.3 is 6.18 Å². The van der Waals surface area contributed by atoms with Crippen LogP contribution in [0.1, 0.15) is 22.7 Å². The summed E-state index contributed by atoms with van der Waals surface area (Å²) in [6, 6.07) is 13.6. The van der Waals surface area contributed by atoms with Crippen LogP contribution in [0.4, 0.5) is 18.9 Å². The zero-order valence-corrected chi connectivity index (χ0v) is 17.1. The van der Waals surface area contributed by atoms with Gasteiger partial charge in [0.1, 0.15) is 0 Å². The number of hydrogen-bond acceptors (Lipinski definition) is 4. The van der Waals surface area contributed by atoms with Crippen molar-refractivity contribution < 1.29 is 26.5 Å². The molecule has 0 fully saturated rings. The lowest BCUT2D eigenvalue weighted by Crippen LogP contribution is -2.30. The minimum atomic E-state index is -4.56. The smallest absolute Gasteiger partial charge is 0.258 e. The maximum absolute atomic E-state index is 13.0. The number of halogens is 4. The van der Waals surface area contributed by atoms with Crippen molar-refractivity contribution in [3.8, 4) is 0 Å². The van der Waals surface area contributed by atoms with Crippen LogP contribution in [0.3, 0.4) is 0 Å². The monoisotopic (exact) mass is 470 g/mol. The average Bonchev–Trinajstić information content (AvgIpc) is 2.72. The number of nitrogens with one attached hydrogen (secondary N) is 1. The highest BCUT2D eigenvalue weighted by Gasteiger charge is 2.32. The number of nitrogens with zero attached hydrogens (tertiary/aromatic N) is 1. The molecule has 31 heavy (non-hydrogen) atoms. The van der Waals surface area contributed by atoms with Gasteiger partial charge in [0.2, 0.25) is 10.0 Å². The van der Waals surface area contributed by atoms with Gasteiger partial charge in [0.15, 0.2) is 4.90 Å². The first-order chi connectivity index (χ1) is 14.5. The summed E-state index contributed by atoms with van der Waals surface area (Å²) in [6.07, 6.45) is -4.56. The van der Waals surface area contributed by atoms with Gasteiger partial charge in [-0.2, -0.15) is 17.9 Å². The molecule has 0 spiro atoms. The number of nitro groups is 1. The Kier molecular flexibility index (Phi) is 6.35. The van der Waals surface area contributed by atoms with Gasteiger partial charge in [-0.1, -0.05) is 48.0 Å². The first-order valence-electron chi connectivity index (χ1n) is 8.67. The Hall–Kier alpha value is -2.95. The molecule has 0 aromatic heterocycles. The summed E-state index contributed by atoms with van der Waals surface area (Å²) in [5.41, 5.74) is -0.936. The first-order valence-corrected chi connectivity index (χ1v) is 10.5. The molecule has 6 nitrogen and oxygen atoms in total. The molecular weight excluding hydrogens is 457 g/mol. The zero-order valence-electron chi connectivity index (χ0n) is 15.5. The summed E-state index contributed by atoms with van der Waals surface area (Å²) >= 11 is 5.88. The first kappa shape index (κ1) is 22.7. The van der Waals surface area contributed by atoms with Crippen LogP contribution in [0.2, 0.25) is 5.02 Å². The van der Waals surface area contributed by atoms with Gasteiger partial charge in [-0.05, 0) is 41.5 Å². The lowest BCUT2D eigenvalue weighted by Gasteiger charge is -2.20. The molecule has 0 saturated carbocycles. The van der Waals surface area contributed by atoms with E-state index in [4.69, 9.17) is 11.6 Å². The van der Waals surface area contributed by atoms with Crippen molar-refractivity contribution in [3.63, 3.8) is 0 Å². The van der Waals surface area contributed by atoms with E-state index in [-0.39, 0.29) is 5.56 Å². The molecule has 0 amide bonds. The molecule has 0 aliphatic heterocycles. The number of benzene rings is 3. The molecular formula is C20H14ClF3N2O4S. The zero-order chi connectivity index (χ0) is 22.8. The molecule has 0 aliphatic rings. The summed E-state index contributed by atoms with van der Waals surface area (Å²) in [7, 11) is -4.43. The van der Waals surface area contributed by atoms with Crippen LogP contribution in [0, 0.1) is 10.1 Å². The van der Waals surface area contributed by atoms with Crippen molar-refractivity contribution in [1.29, 1.82) is 0 Å². The molecule has 3 rings (SSSR count). The van der Waals surface area contributed by atoms with Crippen LogP contribution in [0.5, 0.6) is 0 Å². The van der Waals surface area contributed by atoms with E-state index in [1.54, 1.807) is 0 Å². The van der Waals surface area contributed by atoms with E-state index in [9.17, 15) is 31.7 Å². The third-order valence-electron chi connectivity index (χ3n) is 4.40. The Balaban J connectivity index is 2.08. The molecule has 1 atom stereocenters. The number of nitro benzene ring substituents is 1. The second-order valence-corrected chi connectivity index (χ2v) is 8.57. The predicted octanol–water partition coefficient (Wildman–Crippen LogP) is 5.33. The summed E-state index contributed by atoms with van der Waals surface area (Å²) in [5.74, 6) is 0. The quantitative estimate of drug-likeness (QED) is 0.389. The van der Waals surface area contributed by atoms with Gasteiger partial charge < -0.3 is 0 Å². The minimum Gasteiger partial charge on any atom is -0.258 e. The average molecular weight is 471 g/mol. The van der Waals surface area contributed by atoms with Crippen LogP contribution in [-0.2, 0) is 16.2 Å². The van der Waals surface area contributed by atoms with Gasteiger partial charge in [0, 0.05) is 11.1 Å². The Morgan fingerprint density at radius 3 is 1.94 bits per heavy atom. The van der Waals surface area contributed by atoms with Crippen LogP contribution in [-0.4, -0.2) is 13.3 Å². The van der Waals surface area contributed by atoms with E-state index < -0.39 is 43.3 Å². The highest BCUT2D eigenvalue weighted by atomic mass is 35.5. The van der Waals surface area contributed by atoms with Crippen molar-refractivity contribution in [3.05, 3.63) is 105 Å². The van der Waals surface area contributed by atoms with Crippen LogP contribution in [0.15, 0.2) is 77.7 Å². The van der Waals surface area contributed by atoms with Crippen molar-refractivity contribution in [2.45, 2.75) is 17.1 Å². The molecule has 3 aromatic rings. The fourth-order valence-corrected chi connectivity index (χ4v) is 4.41. The third kappa shape index (κ3) is 5.22. The lowest BCUT2D eigenvalue weighted by molar-refractivity contribution is -0.387. The van der Waals surface area contributed by atoms with E-state index in [0.29, 0.717) is 10.6 Å². The van der Waals surface area contributed by atoms with E-state index >= 15 is 0 Å². The number of rotatable bonds is 6. The number of para-hydroxylation sites is 1. The minimum absolute atomic E-state index is 0.206. The van der Waals surface area contributed by atoms with Crippen molar-refractivity contribution >= 4 is 27.3 Å². The van der Waals surface area contributed by atoms with Gasteiger partial charge in [-0.3, -0.25) is 10.1 Å². The normalized spacial score (nSPS) is 13.0. The van der Waals surface area contributed by atoms with Gasteiger partial charge in [-0.25, -0.2) is 8.42 Å². The number of alkyl halides is 3. The Bertz CT molecular complexity index is 1200. The molecule has 1 N–H and O–H groups in total. The molecule has 1 unspecified atom stereocenters. The number of sulfonamides is 1. The summed E-state index contributed by atoms with van der Waals surface area (Å²) in [4.78, 5) is 9.86. The maximum Gasteiger partial charge on any atom is 0.416 e. The fraction of sp³-hybridized carbons (Fsp3) is 0.100. The molecule has 0 radical (unpaired) electrons. The second-order valence-electron chi connectivity index (χ2n) is 6.45. The second kappa shape index (κ2) is 8.66. The van der Waals surface area contributed by atoms with Crippen molar-refractivity contribution in [1.82, 2.24) is 4.72 Å². The van der Waals surface area contributed by atoms with E-state index in [2.05, 4.69) is 4.72 Å². The molecule has 11 heteroatoms. The van der Waals surface area contributed by atoms with Gasteiger partial charge in [0.25, 0.3) is 5.69 Å². The van der Waals surface area contributed by atoms with Gasteiger partial charge in [0.05, 0.1) is 16.5 Å². The maximum atomic E-state index is 13.0. The predicted molar refractivity (Wildman–Crippen MR) is 108 cm³/mol. The lowest BCUT2D eigenvalue weighted by atomic mass is 9.98. The van der Waals surface area contributed by atoms with Gasteiger partial charge in [-0.15, -0.1) is 0 Å². The summed E-state index contributed by atoms with van der Waals surface area (Å²) < 4.78 is 67.1. The molecule has 162 valence electrons. The van der Waals surface area contributed by atoms with E-state index in [1.807, 2.05) is 0 Å². The highest BCUT2D eigenvalue weighted by molar-refractivity contribution is 7.89. The Labute approximate surface area is 180 Å². The Morgan fingerprint density at radius 2 is 1.42 bits per heavy atom. The molecule has 0 heterocycles. The SMILES string of the molecule is O=[N+]([O-])c1ccccc1S(=O)(=O)NC(c1ccc(Cl)cc1)c1ccc(C(F)(F)F)cc1. The summed E-state index contributed by atoms with van der Waals surface area (Å²) in [5, 5.41) is 11.6. The molecule has 0 aliphatic carbocycles. The topological polar surface area (TPSA) is 89.3 Å². The standard InChI is InChI=1S/C20H14ClF3N2O4S/c21-16-11-7-14(8-12-16)19(13-5-9-15(10-6-13)20(22,23)24)25-31(29,30)18-4-2-1-3-17(18)26(27)28/h1-12,19,25H. The van der Waals surface area contributed by atoms with Crippen molar-refractivity contribution in [2.24, 2.45) is 0 Å².